The van der Waals surface area contributed by atoms with E-state index in [2.05, 4.69) is 5.32 Å². The molecule has 0 atom stereocenters. The Morgan fingerprint density at radius 3 is 2.35 bits per heavy atom. The van der Waals surface area contributed by atoms with Crippen LogP contribution in [0.2, 0.25) is 0 Å². The Kier molecular flexibility index (Phi) is 7.64. The van der Waals surface area contributed by atoms with Gasteiger partial charge in [-0.15, -0.1) is 0 Å². The third kappa shape index (κ3) is 5.89. The molecule has 2 N–H and O–H groups in total. The lowest BCUT2D eigenvalue weighted by Gasteiger charge is -2.21. The van der Waals surface area contributed by atoms with Crippen LogP contribution in [0, 0.1) is 0 Å². The number of rotatable bonds is 8. The Labute approximate surface area is 153 Å². The van der Waals surface area contributed by atoms with Crippen molar-refractivity contribution in [1.82, 2.24) is 10.2 Å². The van der Waals surface area contributed by atoms with Crippen molar-refractivity contribution in [2.45, 2.75) is 13.0 Å². The number of carbonyl (C=O) groups excluding carboxylic acids is 2. The third-order valence-corrected chi connectivity index (χ3v) is 3.93. The Morgan fingerprint density at radius 1 is 1.04 bits per heavy atom. The van der Waals surface area contributed by atoms with Crippen LogP contribution in [-0.2, 0) is 22.6 Å². The zero-order valence-corrected chi connectivity index (χ0v) is 14.9. The summed E-state index contributed by atoms with van der Waals surface area (Å²) in [5.41, 5.74) is 1.94. The lowest BCUT2D eigenvalue weighted by atomic mass is 10.1. The Morgan fingerprint density at radius 2 is 1.73 bits per heavy atom. The molecule has 138 valence electrons. The van der Waals surface area contributed by atoms with Crippen LogP contribution in [0.4, 0.5) is 0 Å². The number of benzene rings is 2. The zero-order valence-electron chi connectivity index (χ0n) is 14.9. The van der Waals surface area contributed by atoms with Gasteiger partial charge in [0.05, 0.1) is 13.7 Å². The predicted octanol–water partition coefficient (Wildman–Crippen LogP) is 1.37. The van der Waals surface area contributed by atoms with E-state index in [0.29, 0.717) is 13.0 Å². The number of aliphatic hydroxyl groups excluding tert-OH is 1. The summed E-state index contributed by atoms with van der Waals surface area (Å²) >= 11 is 0. The van der Waals surface area contributed by atoms with Crippen molar-refractivity contribution in [3.8, 4) is 5.75 Å². The number of methoxy groups -OCH3 is 1. The normalized spacial score (nSPS) is 10.2. The largest absolute Gasteiger partial charge is 0.497 e. The molecule has 0 fully saturated rings. The van der Waals surface area contributed by atoms with Crippen LogP contribution in [0.1, 0.15) is 11.1 Å². The van der Waals surface area contributed by atoms with Gasteiger partial charge < -0.3 is 20.1 Å². The van der Waals surface area contributed by atoms with Gasteiger partial charge in [0, 0.05) is 19.6 Å². The van der Waals surface area contributed by atoms with Crippen molar-refractivity contribution in [3.63, 3.8) is 0 Å². The molecule has 2 aromatic rings. The summed E-state index contributed by atoms with van der Waals surface area (Å²) in [6, 6.07) is 16.9. The molecule has 0 aliphatic rings. The van der Waals surface area contributed by atoms with Crippen LogP contribution >= 0.6 is 0 Å². The summed E-state index contributed by atoms with van der Waals surface area (Å²) in [5.74, 6) is -0.533. The summed E-state index contributed by atoms with van der Waals surface area (Å²) in [4.78, 5) is 25.8. The Bertz CT molecular complexity index is 702. The van der Waals surface area contributed by atoms with Crippen molar-refractivity contribution in [2.24, 2.45) is 0 Å². The monoisotopic (exact) mass is 356 g/mol. The fourth-order valence-electron chi connectivity index (χ4n) is 2.51. The van der Waals surface area contributed by atoms with Gasteiger partial charge in [0.2, 0.25) is 0 Å². The van der Waals surface area contributed by atoms with Crippen LogP contribution in [0.3, 0.4) is 0 Å². The van der Waals surface area contributed by atoms with Gasteiger partial charge in [0.1, 0.15) is 5.75 Å². The van der Waals surface area contributed by atoms with Crippen LogP contribution in [-0.4, -0.2) is 48.6 Å². The van der Waals surface area contributed by atoms with Crippen LogP contribution in [0.15, 0.2) is 54.6 Å². The van der Waals surface area contributed by atoms with E-state index in [-0.39, 0.29) is 19.7 Å². The highest BCUT2D eigenvalue weighted by Crippen LogP contribution is 2.11. The summed E-state index contributed by atoms with van der Waals surface area (Å²) in [5, 5.41) is 11.8. The fourth-order valence-corrected chi connectivity index (χ4v) is 2.51. The zero-order chi connectivity index (χ0) is 18.8. The first-order valence-corrected chi connectivity index (χ1v) is 8.49. The second kappa shape index (κ2) is 10.2. The standard InChI is InChI=1S/C20H24N2O4/c1-26-18-9-7-16(8-10-18)11-12-21-19(24)20(25)22(13-14-23)15-17-5-3-2-4-6-17/h2-10,23H,11-15H2,1H3,(H,21,24). The van der Waals surface area contributed by atoms with Gasteiger partial charge in [-0.25, -0.2) is 0 Å². The molecule has 2 aromatic carbocycles. The number of aliphatic hydroxyl groups is 1. The van der Waals surface area contributed by atoms with E-state index in [1.165, 1.54) is 4.90 Å². The minimum atomic E-state index is -0.664. The van der Waals surface area contributed by atoms with E-state index < -0.39 is 11.8 Å². The molecule has 0 heterocycles. The molecule has 0 saturated carbocycles. The molecular formula is C20H24N2O4. The maximum atomic E-state index is 12.3. The molecule has 0 radical (unpaired) electrons. The summed E-state index contributed by atoms with van der Waals surface area (Å²) in [6.45, 7) is 0.554. The fraction of sp³-hybridized carbons (Fsp3) is 0.300. The first-order chi connectivity index (χ1) is 12.6. The van der Waals surface area contributed by atoms with Crippen LogP contribution < -0.4 is 10.1 Å². The van der Waals surface area contributed by atoms with Gasteiger partial charge in [-0.2, -0.15) is 0 Å². The summed E-state index contributed by atoms with van der Waals surface area (Å²) < 4.78 is 5.10. The average molecular weight is 356 g/mol. The molecule has 0 aromatic heterocycles. The molecule has 0 saturated heterocycles. The molecule has 0 unspecified atom stereocenters. The van der Waals surface area contributed by atoms with E-state index in [1.54, 1.807) is 7.11 Å². The quantitative estimate of drug-likeness (QED) is 0.701. The molecule has 2 rings (SSSR count). The number of ether oxygens (including phenoxy) is 1. The van der Waals surface area contributed by atoms with Gasteiger partial charge in [-0.3, -0.25) is 9.59 Å². The number of nitrogens with zero attached hydrogens (tertiary/aromatic N) is 1. The highest BCUT2D eigenvalue weighted by Gasteiger charge is 2.21. The number of hydrogen-bond acceptors (Lipinski definition) is 4. The van der Waals surface area contributed by atoms with Gasteiger partial charge in [-0.05, 0) is 29.7 Å². The molecule has 0 aliphatic carbocycles. The van der Waals surface area contributed by atoms with Crippen LogP contribution in [0.5, 0.6) is 5.75 Å². The van der Waals surface area contributed by atoms with E-state index in [4.69, 9.17) is 4.74 Å². The Balaban J connectivity index is 1.85. The molecule has 0 spiro atoms. The summed E-state index contributed by atoms with van der Waals surface area (Å²) in [7, 11) is 1.61. The SMILES string of the molecule is COc1ccc(CCNC(=O)C(=O)N(CCO)Cc2ccccc2)cc1. The third-order valence-electron chi connectivity index (χ3n) is 3.93. The predicted molar refractivity (Wildman–Crippen MR) is 98.7 cm³/mol. The molecule has 0 bridgehead atoms. The first kappa shape index (κ1) is 19.5. The van der Waals surface area contributed by atoms with Crippen molar-refractivity contribution in [3.05, 3.63) is 65.7 Å². The highest BCUT2D eigenvalue weighted by atomic mass is 16.5. The van der Waals surface area contributed by atoms with E-state index in [0.717, 1.165) is 16.9 Å². The second-order valence-electron chi connectivity index (χ2n) is 5.79. The smallest absolute Gasteiger partial charge is 0.312 e. The van der Waals surface area contributed by atoms with Gasteiger partial charge in [0.25, 0.3) is 0 Å². The minimum Gasteiger partial charge on any atom is -0.497 e. The van der Waals surface area contributed by atoms with E-state index >= 15 is 0 Å². The lowest BCUT2D eigenvalue weighted by Crippen LogP contribution is -2.44. The maximum absolute atomic E-state index is 12.3. The van der Waals surface area contributed by atoms with Gasteiger partial charge in [0.15, 0.2) is 0 Å². The molecular weight excluding hydrogens is 332 g/mol. The molecule has 2 amide bonds. The number of hydrogen-bond donors (Lipinski definition) is 2. The first-order valence-electron chi connectivity index (χ1n) is 8.49. The van der Waals surface area contributed by atoms with Gasteiger partial charge in [-0.1, -0.05) is 42.5 Å². The number of amides is 2. The average Bonchev–Trinajstić information content (AvgIpc) is 2.68. The van der Waals surface area contributed by atoms with Crippen molar-refractivity contribution in [1.29, 1.82) is 0 Å². The number of carbonyl (C=O) groups is 2. The van der Waals surface area contributed by atoms with Crippen LogP contribution in [0.25, 0.3) is 0 Å². The number of nitrogens with one attached hydrogen (secondary N) is 1. The van der Waals surface area contributed by atoms with Crippen molar-refractivity contribution in [2.75, 3.05) is 26.8 Å². The summed E-state index contributed by atoms with van der Waals surface area (Å²) in [6.07, 6.45) is 0.613. The lowest BCUT2D eigenvalue weighted by molar-refractivity contribution is -0.146. The maximum Gasteiger partial charge on any atom is 0.312 e. The van der Waals surface area contributed by atoms with E-state index in [1.807, 2.05) is 54.6 Å². The minimum absolute atomic E-state index is 0.111. The Hall–Kier alpha value is -2.86. The second-order valence-corrected chi connectivity index (χ2v) is 5.79. The molecule has 26 heavy (non-hydrogen) atoms. The van der Waals surface area contributed by atoms with Crippen molar-refractivity contribution < 1.29 is 19.4 Å². The van der Waals surface area contributed by atoms with Crippen molar-refractivity contribution >= 4 is 11.8 Å². The van der Waals surface area contributed by atoms with E-state index in [9.17, 15) is 14.7 Å². The molecule has 6 heteroatoms. The topological polar surface area (TPSA) is 78.9 Å². The highest BCUT2D eigenvalue weighted by molar-refractivity contribution is 6.34. The van der Waals surface area contributed by atoms with Gasteiger partial charge >= 0.3 is 11.8 Å². The molecule has 0 aliphatic heterocycles. The molecule has 6 nitrogen and oxygen atoms in total.